The minimum atomic E-state index is 0.528. The topological polar surface area (TPSA) is 25.8 Å². The molecule has 0 radical (unpaired) electrons. The molecule has 16 heavy (non-hydrogen) atoms. The Balaban J connectivity index is 2.27. The molecule has 3 heteroatoms. The van der Waals surface area contributed by atoms with Crippen LogP contribution in [0.3, 0.4) is 0 Å². The van der Waals surface area contributed by atoms with E-state index >= 15 is 0 Å². The van der Waals surface area contributed by atoms with Gasteiger partial charge in [-0.05, 0) is 18.1 Å². The van der Waals surface area contributed by atoms with Gasteiger partial charge in [-0.15, -0.1) is 11.3 Å². The van der Waals surface area contributed by atoms with Crippen LogP contribution in [0.2, 0.25) is 0 Å². The Hall–Kier alpha value is -1.22. The van der Waals surface area contributed by atoms with Crippen molar-refractivity contribution in [3.05, 3.63) is 34.9 Å². The Kier molecular flexibility index (Phi) is 3.34. The van der Waals surface area contributed by atoms with E-state index in [4.69, 9.17) is 4.98 Å². The first-order valence-electron chi connectivity index (χ1n) is 5.54. The lowest BCUT2D eigenvalue weighted by Gasteiger charge is -2.11. The van der Waals surface area contributed by atoms with Crippen LogP contribution < -0.4 is 0 Å². The van der Waals surface area contributed by atoms with Crippen molar-refractivity contribution in [2.45, 2.75) is 26.7 Å². The second-order valence-electron chi connectivity index (χ2n) is 4.34. The van der Waals surface area contributed by atoms with E-state index in [1.54, 1.807) is 23.7 Å². The SMILES string of the molecule is CC(C)C(C)c1nc(-c2ccncc2)cs1. The zero-order chi connectivity index (χ0) is 11.5. The maximum Gasteiger partial charge on any atom is 0.0963 e. The lowest BCUT2D eigenvalue weighted by Crippen LogP contribution is -2.01. The summed E-state index contributed by atoms with van der Waals surface area (Å²) < 4.78 is 0. The van der Waals surface area contributed by atoms with E-state index in [1.807, 2.05) is 12.1 Å². The van der Waals surface area contributed by atoms with Gasteiger partial charge in [0, 0.05) is 29.3 Å². The minimum Gasteiger partial charge on any atom is -0.265 e. The molecule has 1 atom stereocenters. The summed E-state index contributed by atoms with van der Waals surface area (Å²) in [7, 11) is 0. The maximum absolute atomic E-state index is 4.69. The normalized spacial score (nSPS) is 13.0. The van der Waals surface area contributed by atoms with Crippen LogP contribution in [0.1, 0.15) is 31.7 Å². The number of nitrogens with zero attached hydrogens (tertiary/aromatic N) is 2. The fraction of sp³-hybridized carbons (Fsp3) is 0.385. The van der Waals surface area contributed by atoms with Gasteiger partial charge in [-0.1, -0.05) is 20.8 Å². The Morgan fingerprint density at radius 3 is 2.44 bits per heavy atom. The van der Waals surface area contributed by atoms with Crippen molar-refractivity contribution >= 4 is 11.3 Å². The van der Waals surface area contributed by atoms with E-state index in [9.17, 15) is 0 Å². The van der Waals surface area contributed by atoms with Crippen molar-refractivity contribution in [3.8, 4) is 11.3 Å². The van der Waals surface area contributed by atoms with E-state index in [2.05, 4.69) is 31.1 Å². The zero-order valence-corrected chi connectivity index (χ0v) is 10.7. The monoisotopic (exact) mass is 232 g/mol. The molecule has 2 nitrogen and oxygen atoms in total. The summed E-state index contributed by atoms with van der Waals surface area (Å²) in [4.78, 5) is 8.71. The van der Waals surface area contributed by atoms with Gasteiger partial charge in [0.05, 0.1) is 10.7 Å². The average Bonchev–Trinajstić information content (AvgIpc) is 2.78. The molecule has 0 N–H and O–H groups in total. The van der Waals surface area contributed by atoms with Crippen molar-refractivity contribution in [1.82, 2.24) is 9.97 Å². The lowest BCUT2D eigenvalue weighted by atomic mass is 9.99. The molecule has 0 aliphatic carbocycles. The highest BCUT2D eigenvalue weighted by molar-refractivity contribution is 7.10. The van der Waals surface area contributed by atoms with E-state index in [0.717, 1.165) is 11.3 Å². The van der Waals surface area contributed by atoms with Crippen LogP contribution in [0.25, 0.3) is 11.3 Å². The first-order valence-corrected chi connectivity index (χ1v) is 6.42. The smallest absolute Gasteiger partial charge is 0.0963 e. The predicted molar refractivity (Wildman–Crippen MR) is 68.6 cm³/mol. The van der Waals surface area contributed by atoms with Crippen molar-refractivity contribution in [2.24, 2.45) is 5.92 Å². The molecule has 0 spiro atoms. The summed E-state index contributed by atoms with van der Waals surface area (Å²) in [5, 5.41) is 3.35. The van der Waals surface area contributed by atoms with Crippen molar-refractivity contribution < 1.29 is 0 Å². The molecule has 84 valence electrons. The van der Waals surface area contributed by atoms with Gasteiger partial charge in [-0.2, -0.15) is 0 Å². The summed E-state index contributed by atoms with van der Waals surface area (Å²) in [5.41, 5.74) is 2.21. The fourth-order valence-corrected chi connectivity index (χ4v) is 2.50. The molecule has 2 rings (SSSR count). The highest BCUT2D eigenvalue weighted by atomic mass is 32.1. The molecule has 0 aliphatic heterocycles. The second-order valence-corrected chi connectivity index (χ2v) is 5.23. The van der Waals surface area contributed by atoms with Gasteiger partial charge in [0.25, 0.3) is 0 Å². The van der Waals surface area contributed by atoms with Crippen LogP contribution in [0.15, 0.2) is 29.9 Å². The number of aromatic nitrogens is 2. The van der Waals surface area contributed by atoms with E-state index in [-0.39, 0.29) is 0 Å². The number of rotatable bonds is 3. The molecule has 0 aliphatic rings. The lowest BCUT2D eigenvalue weighted by molar-refractivity contribution is 0.533. The summed E-state index contributed by atoms with van der Waals surface area (Å²) in [6, 6.07) is 4.00. The molecule has 0 saturated heterocycles. The molecule has 2 aromatic rings. The average molecular weight is 232 g/mol. The van der Waals surface area contributed by atoms with Gasteiger partial charge in [0.15, 0.2) is 0 Å². The molecule has 0 amide bonds. The largest absolute Gasteiger partial charge is 0.265 e. The number of pyridine rings is 1. The van der Waals surface area contributed by atoms with Crippen molar-refractivity contribution in [2.75, 3.05) is 0 Å². The van der Waals surface area contributed by atoms with Crippen LogP contribution in [0.4, 0.5) is 0 Å². The van der Waals surface area contributed by atoms with Crippen LogP contribution >= 0.6 is 11.3 Å². The minimum absolute atomic E-state index is 0.528. The summed E-state index contributed by atoms with van der Waals surface area (Å²) in [6.07, 6.45) is 3.61. The summed E-state index contributed by atoms with van der Waals surface area (Å²) in [6.45, 7) is 6.70. The highest BCUT2D eigenvalue weighted by Crippen LogP contribution is 2.29. The Morgan fingerprint density at radius 2 is 1.81 bits per heavy atom. The van der Waals surface area contributed by atoms with E-state index in [1.165, 1.54) is 5.01 Å². The Morgan fingerprint density at radius 1 is 1.12 bits per heavy atom. The quantitative estimate of drug-likeness (QED) is 0.800. The molecule has 2 heterocycles. The fourth-order valence-electron chi connectivity index (χ4n) is 1.44. The Bertz CT molecular complexity index is 448. The predicted octanol–water partition coefficient (Wildman–Crippen LogP) is 3.96. The molecule has 2 aromatic heterocycles. The first kappa shape index (κ1) is 11.3. The molecular formula is C13H16N2S. The molecule has 0 bridgehead atoms. The molecule has 1 unspecified atom stereocenters. The van der Waals surface area contributed by atoms with E-state index in [0.29, 0.717) is 11.8 Å². The van der Waals surface area contributed by atoms with Crippen molar-refractivity contribution in [1.29, 1.82) is 0 Å². The van der Waals surface area contributed by atoms with Gasteiger partial charge >= 0.3 is 0 Å². The second kappa shape index (κ2) is 4.74. The summed E-state index contributed by atoms with van der Waals surface area (Å²) in [5.74, 6) is 1.16. The van der Waals surface area contributed by atoms with Gasteiger partial charge in [-0.3, -0.25) is 4.98 Å². The van der Waals surface area contributed by atoms with E-state index < -0.39 is 0 Å². The highest BCUT2D eigenvalue weighted by Gasteiger charge is 2.14. The van der Waals surface area contributed by atoms with Crippen LogP contribution in [0.5, 0.6) is 0 Å². The van der Waals surface area contributed by atoms with Gasteiger partial charge < -0.3 is 0 Å². The van der Waals surface area contributed by atoms with Gasteiger partial charge in [-0.25, -0.2) is 4.98 Å². The van der Waals surface area contributed by atoms with Gasteiger partial charge in [0.1, 0.15) is 0 Å². The maximum atomic E-state index is 4.69. The van der Waals surface area contributed by atoms with Crippen LogP contribution in [-0.4, -0.2) is 9.97 Å². The third-order valence-electron chi connectivity index (χ3n) is 2.89. The third-order valence-corrected chi connectivity index (χ3v) is 3.93. The standard InChI is InChI=1S/C13H16N2S/c1-9(2)10(3)13-15-12(8-16-13)11-4-6-14-7-5-11/h4-10H,1-3H3. The number of thiazole rings is 1. The summed E-state index contributed by atoms with van der Waals surface area (Å²) >= 11 is 1.75. The van der Waals surface area contributed by atoms with Gasteiger partial charge in [0.2, 0.25) is 0 Å². The first-order chi connectivity index (χ1) is 7.68. The Labute approximate surface area is 100 Å². The molecule has 0 saturated carbocycles. The number of hydrogen-bond acceptors (Lipinski definition) is 3. The van der Waals surface area contributed by atoms with Crippen LogP contribution in [0, 0.1) is 5.92 Å². The molecule has 0 aromatic carbocycles. The molecular weight excluding hydrogens is 216 g/mol. The van der Waals surface area contributed by atoms with Crippen LogP contribution in [-0.2, 0) is 0 Å². The zero-order valence-electron chi connectivity index (χ0n) is 9.84. The van der Waals surface area contributed by atoms with Crippen molar-refractivity contribution in [3.63, 3.8) is 0 Å². The third kappa shape index (κ3) is 2.30. The number of hydrogen-bond donors (Lipinski definition) is 0. The molecule has 0 fully saturated rings.